The Morgan fingerprint density at radius 1 is 1.26 bits per heavy atom. The van der Waals surface area contributed by atoms with Gasteiger partial charge in [0.15, 0.2) is 0 Å². The Hall–Kier alpha value is -1.04. The van der Waals surface area contributed by atoms with E-state index in [0.29, 0.717) is 12.3 Å². The highest BCUT2D eigenvalue weighted by Gasteiger charge is 2.35. The first-order valence-corrected chi connectivity index (χ1v) is 7.86. The molecule has 0 atom stereocenters. The van der Waals surface area contributed by atoms with E-state index in [1.807, 2.05) is 0 Å². The van der Waals surface area contributed by atoms with Crippen molar-refractivity contribution in [1.29, 1.82) is 5.26 Å². The zero-order valence-corrected chi connectivity index (χ0v) is 12.1. The number of amides is 1. The van der Waals surface area contributed by atoms with Crippen molar-refractivity contribution >= 4 is 5.91 Å². The molecule has 0 aliphatic heterocycles. The van der Waals surface area contributed by atoms with Gasteiger partial charge in [-0.25, -0.2) is 0 Å². The fourth-order valence-electron chi connectivity index (χ4n) is 3.48. The number of nitrogens with zero attached hydrogens (tertiary/aromatic N) is 1. The third kappa shape index (κ3) is 3.96. The largest absolute Gasteiger partial charge is 0.338 e. The van der Waals surface area contributed by atoms with Gasteiger partial charge in [-0.15, -0.1) is 0 Å². The number of rotatable bonds is 4. The molecular formula is C16H26N2O. The fraction of sp³-hybridized carbons (Fsp3) is 0.875. The lowest BCUT2D eigenvalue weighted by Crippen LogP contribution is -2.49. The Morgan fingerprint density at radius 3 is 2.47 bits per heavy atom. The van der Waals surface area contributed by atoms with Crippen molar-refractivity contribution in [1.82, 2.24) is 5.32 Å². The van der Waals surface area contributed by atoms with Crippen molar-refractivity contribution in [3.63, 3.8) is 0 Å². The molecule has 0 aromatic rings. The molecular weight excluding hydrogens is 236 g/mol. The third-order valence-electron chi connectivity index (χ3n) is 4.97. The van der Waals surface area contributed by atoms with Crippen molar-refractivity contribution in [3.8, 4) is 6.07 Å². The summed E-state index contributed by atoms with van der Waals surface area (Å²) in [5, 5.41) is 12.4. The molecule has 3 nitrogen and oxygen atoms in total. The zero-order valence-electron chi connectivity index (χ0n) is 12.1. The molecule has 2 aliphatic carbocycles. The van der Waals surface area contributed by atoms with E-state index in [1.165, 1.54) is 25.7 Å². The van der Waals surface area contributed by atoms with Gasteiger partial charge in [-0.1, -0.05) is 32.6 Å². The van der Waals surface area contributed by atoms with Gasteiger partial charge in [0, 0.05) is 6.42 Å². The van der Waals surface area contributed by atoms with E-state index in [-0.39, 0.29) is 5.91 Å². The van der Waals surface area contributed by atoms with Crippen molar-refractivity contribution in [2.24, 2.45) is 11.8 Å². The summed E-state index contributed by atoms with van der Waals surface area (Å²) in [5.74, 6) is 1.52. The molecule has 0 radical (unpaired) electrons. The molecule has 3 heteroatoms. The summed E-state index contributed by atoms with van der Waals surface area (Å²) in [4.78, 5) is 12.1. The van der Waals surface area contributed by atoms with Crippen LogP contribution in [0.3, 0.4) is 0 Å². The van der Waals surface area contributed by atoms with Crippen molar-refractivity contribution < 1.29 is 4.79 Å². The summed E-state index contributed by atoms with van der Waals surface area (Å²) in [7, 11) is 0. The van der Waals surface area contributed by atoms with Gasteiger partial charge in [0.1, 0.15) is 5.54 Å². The summed E-state index contributed by atoms with van der Waals surface area (Å²) in [6, 6.07) is 2.36. The van der Waals surface area contributed by atoms with E-state index in [1.54, 1.807) is 0 Å². The van der Waals surface area contributed by atoms with E-state index in [9.17, 15) is 10.1 Å². The Balaban J connectivity index is 1.77. The summed E-state index contributed by atoms with van der Waals surface area (Å²) < 4.78 is 0. The molecule has 2 saturated carbocycles. The molecule has 0 bridgehead atoms. The van der Waals surface area contributed by atoms with Gasteiger partial charge in [0.2, 0.25) is 5.91 Å². The normalized spacial score (nSPS) is 31.9. The second-order valence-corrected chi connectivity index (χ2v) is 6.61. The molecule has 2 aliphatic rings. The van der Waals surface area contributed by atoms with Crippen molar-refractivity contribution in [2.75, 3.05) is 0 Å². The molecule has 2 rings (SSSR count). The number of nitriles is 1. The number of carbonyl (C=O) groups excluding carboxylic acids is 1. The molecule has 0 aromatic heterocycles. The summed E-state index contributed by atoms with van der Waals surface area (Å²) in [5.41, 5.74) is -0.570. The Bertz CT molecular complexity index is 344. The second kappa shape index (κ2) is 6.41. The second-order valence-electron chi connectivity index (χ2n) is 6.61. The highest BCUT2D eigenvalue weighted by atomic mass is 16.1. The quantitative estimate of drug-likeness (QED) is 0.842. The molecule has 2 fully saturated rings. The molecule has 19 heavy (non-hydrogen) atoms. The summed E-state index contributed by atoms with van der Waals surface area (Å²) in [6.07, 6.45) is 10.6. The number of hydrogen-bond donors (Lipinski definition) is 1. The Morgan fingerprint density at radius 2 is 1.89 bits per heavy atom. The van der Waals surface area contributed by atoms with Gasteiger partial charge in [0.25, 0.3) is 0 Å². The molecule has 1 amide bonds. The van der Waals surface area contributed by atoms with Crippen molar-refractivity contribution in [2.45, 2.75) is 76.7 Å². The Labute approximate surface area is 116 Å². The number of nitrogens with one attached hydrogen (secondary N) is 1. The van der Waals surface area contributed by atoms with Gasteiger partial charge in [-0.2, -0.15) is 5.26 Å². The topological polar surface area (TPSA) is 52.9 Å². The molecule has 106 valence electrons. The maximum Gasteiger partial charge on any atom is 0.221 e. The monoisotopic (exact) mass is 262 g/mol. The van der Waals surface area contributed by atoms with Crippen LogP contribution in [0.4, 0.5) is 0 Å². The van der Waals surface area contributed by atoms with Gasteiger partial charge in [-0.05, 0) is 43.9 Å². The predicted octanol–water partition coefficient (Wildman–Crippen LogP) is 3.55. The first-order valence-electron chi connectivity index (χ1n) is 7.86. The van der Waals surface area contributed by atoms with Crippen LogP contribution in [0.2, 0.25) is 0 Å². The van der Waals surface area contributed by atoms with E-state index in [0.717, 1.165) is 38.0 Å². The minimum atomic E-state index is -0.570. The van der Waals surface area contributed by atoms with Crippen LogP contribution in [-0.4, -0.2) is 11.4 Å². The molecule has 0 heterocycles. The van der Waals surface area contributed by atoms with Crippen molar-refractivity contribution in [3.05, 3.63) is 0 Å². The van der Waals surface area contributed by atoms with Crippen LogP contribution in [0.25, 0.3) is 0 Å². The van der Waals surface area contributed by atoms with Crippen LogP contribution < -0.4 is 5.32 Å². The highest BCUT2D eigenvalue weighted by molar-refractivity contribution is 5.77. The standard InChI is InChI=1S/C16H26N2O/c1-13-8-10-16(12-17,11-9-13)18-15(19)7-6-14-4-2-3-5-14/h13-14H,2-11H2,1H3,(H,18,19). The summed E-state index contributed by atoms with van der Waals surface area (Å²) >= 11 is 0. The number of hydrogen-bond acceptors (Lipinski definition) is 2. The maximum absolute atomic E-state index is 12.1. The smallest absolute Gasteiger partial charge is 0.221 e. The Kier molecular flexibility index (Phi) is 4.85. The lowest BCUT2D eigenvalue weighted by molar-refractivity contribution is -0.123. The van der Waals surface area contributed by atoms with E-state index in [2.05, 4.69) is 18.3 Å². The van der Waals surface area contributed by atoms with Crippen LogP contribution >= 0.6 is 0 Å². The van der Waals surface area contributed by atoms with Gasteiger partial charge < -0.3 is 5.32 Å². The fourth-order valence-corrected chi connectivity index (χ4v) is 3.48. The van der Waals surface area contributed by atoms with Crippen LogP contribution in [0, 0.1) is 23.2 Å². The minimum Gasteiger partial charge on any atom is -0.338 e. The molecule has 0 unspecified atom stereocenters. The van der Waals surface area contributed by atoms with E-state index >= 15 is 0 Å². The average molecular weight is 262 g/mol. The molecule has 1 N–H and O–H groups in total. The van der Waals surface area contributed by atoms with Gasteiger partial charge in [-0.3, -0.25) is 4.79 Å². The van der Waals surface area contributed by atoms with Crippen LogP contribution in [0.1, 0.15) is 71.1 Å². The highest BCUT2D eigenvalue weighted by Crippen LogP contribution is 2.32. The lowest BCUT2D eigenvalue weighted by Gasteiger charge is -2.34. The number of carbonyl (C=O) groups is 1. The molecule has 0 aromatic carbocycles. The average Bonchev–Trinajstić information content (AvgIpc) is 2.93. The predicted molar refractivity (Wildman–Crippen MR) is 75.3 cm³/mol. The third-order valence-corrected chi connectivity index (χ3v) is 4.97. The van der Waals surface area contributed by atoms with E-state index in [4.69, 9.17) is 0 Å². The van der Waals surface area contributed by atoms with Gasteiger partial charge >= 0.3 is 0 Å². The summed E-state index contributed by atoms with van der Waals surface area (Å²) in [6.45, 7) is 2.23. The van der Waals surface area contributed by atoms with E-state index < -0.39 is 5.54 Å². The molecule has 0 saturated heterocycles. The van der Waals surface area contributed by atoms with Crippen LogP contribution in [0.5, 0.6) is 0 Å². The van der Waals surface area contributed by atoms with Crippen LogP contribution in [0.15, 0.2) is 0 Å². The molecule has 0 spiro atoms. The van der Waals surface area contributed by atoms with Crippen LogP contribution in [-0.2, 0) is 4.79 Å². The lowest BCUT2D eigenvalue weighted by atomic mass is 9.78. The zero-order chi connectivity index (χ0) is 13.7. The minimum absolute atomic E-state index is 0.0861. The maximum atomic E-state index is 12.1. The first-order chi connectivity index (χ1) is 9.13. The first kappa shape index (κ1) is 14.4. The SMILES string of the molecule is CC1CCC(C#N)(NC(=O)CCC2CCCC2)CC1. The van der Waals surface area contributed by atoms with Gasteiger partial charge in [0.05, 0.1) is 6.07 Å².